The van der Waals surface area contributed by atoms with E-state index in [0.717, 1.165) is 44.4 Å². The Bertz CT molecular complexity index is 1260. The number of aromatic nitrogens is 2. The maximum absolute atomic E-state index is 14.3. The standard InChI is InChI=1S/C22H23ClFN3O2.C9H19NO/c1-13-6-8-14(9-7-13)29-20-10-15-18(11-19(20)28-2)25-12-26-22(15)27-17-5-3-4-16(23)21(17)24;1-5-6-7-8(2)9(11)10(3)4/h3-5,10-14H,6-9H2,1-2H3,(H,25,26,27);8H,5-7H2,1-4H3/t;8-/m.1/s1. The van der Waals surface area contributed by atoms with E-state index in [-0.39, 0.29) is 28.6 Å². The second kappa shape index (κ2) is 15.0. The van der Waals surface area contributed by atoms with Gasteiger partial charge in [0.2, 0.25) is 5.91 Å². The van der Waals surface area contributed by atoms with Gasteiger partial charge in [-0.3, -0.25) is 4.79 Å². The lowest BCUT2D eigenvalue weighted by Crippen LogP contribution is -2.27. The number of benzene rings is 2. The molecule has 1 aliphatic carbocycles. The molecule has 1 heterocycles. The van der Waals surface area contributed by atoms with E-state index in [1.54, 1.807) is 24.1 Å². The monoisotopic (exact) mass is 572 g/mol. The maximum Gasteiger partial charge on any atom is 0.224 e. The lowest BCUT2D eigenvalue weighted by Gasteiger charge is -2.27. The van der Waals surface area contributed by atoms with E-state index in [4.69, 9.17) is 21.1 Å². The van der Waals surface area contributed by atoms with Gasteiger partial charge in [0.1, 0.15) is 12.1 Å². The van der Waals surface area contributed by atoms with Crippen LogP contribution in [-0.2, 0) is 4.79 Å². The minimum atomic E-state index is -0.526. The molecule has 218 valence electrons. The Balaban J connectivity index is 0.000000342. The molecule has 0 saturated heterocycles. The van der Waals surface area contributed by atoms with Gasteiger partial charge in [-0.2, -0.15) is 0 Å². The molecule has 7 nitrogen and oxygen atoms in total. The van der Waals surface area contributed by atoms with Crippen molar-refractivity contribution in [3.8, 4) is 11.5 Å². The largest absolute Gasteiger partial charge is 0.493 e. The summed E-state index contributed by atoms with van der Waals surface area (Å²) in [5.41, 5.74) is 0.920. The van der Waals surface area contributed by atoms with E-state index in [0.29, 0.717) is 28.2 Å². The van der Waals surface area contributed by atoms with Gasteiger partial charge in [0.05, 0.1) is 29.4 Å². The van der Waals surface area contributed by atoms with Crippen LogP contribution < -0.4 is 14.8 Å². The van der Waals surface area contributed by atoms with E-state index < -0.39 is 5.82 Å². The first-order valence-corrected chi connectivity index (χ1v) is 14.4. The number of hydrogen-bond donors (Lipinski definition) is 1. The van der Waals surface area contributed by atoms with Gasteiger partial charge in [-0.15, -0.1) is 0 Å². The topological polar surface area (TPSA) is 76.6 Å². The molecule has 0 spiro atoms. The summed E-state index contributed by atoms with van der Waals surface area (Å²) in [5, 5.41) is 3.78. The molecule has 0 aliphatic heterocycles. The van der Waals surface area contributed by atoms with Crippen molar-refractivity contribution in [2.75, 3.05) is 26.5 Å². The molecule has 0 radical (unpaired) electrons. The molecule has 1 aromatic heterocycles. The Labute approximate surface area is 242 Å². The number of carbonyl (C=O) groups excluding carboxylic acids is 1. The lowest BCUT2D eigenvalue weighted by molar-refractivity contribution is -0.132. The number of unbranched alkanes of at least 4 members (excludes halogenated alkanes) is 1. The highest BCUT2D eigenvalue weighted by Gasteiger charge is 2.22. The normalized spacial score (nSPS) is 17.4. The average molecular weight is 573 g/mol. The zero-order valence-electron chi connectivity index (χ0n) is 24.5. The van der Waals surface area contributed by atoms with Crippen LogP contribution in [0.3, 0.4) is 0 Å². The molecular weight excluding hydrogens is 531 g/mol. The quantitative estimate of drug-likeness (QED) is 0.280. The summed E-state index contributed by atoms with van der Waals surface area (Å²) in [6.07, 6.45) is 9.28. The predicted molar refractivity (Wildman–Crippen MR) is 160 cm³/mol. The number of nitrogens with one attached hydrogen (secondary N) is 1. The van der Waals surface area contributed by atoms with Crippen LogP contribution in [-0.4, -0.2) is 48.1 Å². The van der Waals surface area contributed by atoms with Crippen LogP contribution in [0.4, 0.5) is 15.9 Å². The Morgan fingerprint density at radius 2 is 1.90 bits per heavy atom. The number of nitrogens with zero attached hydrogens (tertiary/aromatic N) is 3. The Morgan fingerprint density at radius 1 is 1.18 bits per heavy atom. The molecule has 1 N–H and O–H groups in total. The number of halogens is 2. The first-order chi connectivity index (χ1) is 19.1. The SMILES string of the molecule is CCCC[C@@H](C)C(=O)N(C)C.COc1cc2ncnc(Nc3cccc(Cl)c3F)c2cc1OC1CCC(C)CC1. The number of carbonyl (C=O) groups is 1. The molecule has 40 heavy (non-hydrogen) atoms. The van der Waals surface area contributed by atoms with Crippen molar-refractivity contribution in [2.45, 2.75) is 71.8 Å². The maximum atomic E-state index is 14.3. The van der Waals surface area contributed by atoms with Crippen molar-refractivity contribution in [3.05, 3.63) is 47.5 Å². The van der Waals surface area contributed by atoms with Crippen LogP contribution in [0.15, 0.2) is 36.7 Å². The number of anilines is 2. The highest BCUT2D eigenvalue weighted by atomic mass is 35.5. The van der Waals surface area contributed by atoms with Crippen LogP contribution in [0.2, 0.25) is 5.02 Å². The molecule has 1 saturated carbocycles. The van der Waals surface area contributed by atoms with E-state index in [1.165, 1.54) is 18.8 Å². The van der Waals surface area contributed by atoms with Gasteiger partial charge in [0.25, 0.3) is 0 Å². The molecule has 2 aromatic carbocycles. The second-order valence-electron chi connectivity index (χ2n) is 10.7. The fourth-order valence-corrected chi connectivity index (χ4v) is 4.92. The first-order valence-electron chi connectivity index (χ1n) is 14.1. The summed E-state index contributed by atoms with van der Waals surface area (Å²) in [6.45, 7) is 6.42. The van der Waals surface area contributed by atoms with E-state index in [1.807, 2.05) is 33.2 Å². The Kier molecular flexibility index (Phi) is 11.8. The molecule has 9 heteroatoms. The first kappa shape index (κ1) is 31.4. The third-order valence-electron chi connectivity index (χ3n) is 7.23. The van der Waals surface area contributed by atoms with Crippen molar-refractivity contribution in [1.82, 2.24) is 14.9 Å². The Hall–Kier alpha value is -3.13. The average Bonchev–Trinajstić information content (AvgIpc) is 2.95. The molecule has 1 fully saturated rings. The number of hydrogen-bond acceptors (Lipinski definition) is 6. The summed E-state index contributed by atoms with van der Waals surface area (Å²) in [6, 6.07) is 8.47. The number of amides is 1. The van der Waals surface area contributed by atoms with E-state index >= 15 is 0 Å². The van der Waals surface area contributed by atoms with Gasteiger partial charge < -0.3 is 19.7 Å². The number of ether oxygens (including phenoxy) is 2. The third-order valence-corrected chi connectivity index (χ3v) is 7.53. The molecular formula is C31H42ClFN4O3. The zero-order valence-corrected chi connectivity index (χ0v) is 25.2. The van der Waals surface area contributed by atoms with Crippen molar-refractivity contribution < 1.29 is 18.7 Å². The van der Waals surface area contributed by atoms with Gasteiger partial charge in [-0.25, -0.2) is 14.4 Å². The van der Waals surface area contributed by atoms with E-state index in [2.05, 4.69) is 29.1 Å². The van der Waals surface area contributed by atoms with Gasteiger partial charge in [-0.05, 0) is 56.2 Å². The lowest BCUT2D eigenvalue weighted by atomic mass is 9.89. The number of fused-ring (bicyclic) bond motifs is 1. The summed E-state index contributed by atoms with van der Waals surface area (Å²) < 4.78 is 26.1. The molecule has 1 amide bonds. The van der Waals surface area contributed by atoms with Crippen molar-refractivity contribution in [1.29, 1.82) is 0 Å². The predicted octanol–water partition coefficient (Wildman–Crippen LogP) is 8.03. The number of rotatable bonds is 9. The summed E-state index contributed by atoms with van der Waals surface area (Å²) >= 11 is 5.90. The fourth-order valence-electron chi connectivity index (χ4n) is 4.74. The van der Waals surface area contributed by atoms with Crippen molar-refractivity contribution >= 4 is 39.9 Å². The smallest absolute Gasteiger partial charge is 0.224 e. The fraction of sp³-hybridized carbons (Fsp3) is 0.516. The third kappa shape index (κ3) is 8.43. The van der Waals surface area contributed by atoms with Crippen LogP contribution in [0.25, 0.3) is 10.9 Å². The molecule has 0 unspecified atom stereocenters. The van der Waals surface area contributed by atoms with Crippen LogP contribution in [0.5, 0.6) is 11.5 Å². The summed E-state index contributed by atoms with van der Waals surface area (Å²) in [5.74, 6) is 2.40. The summed E-state index contributed by atoms with van der Waals surface area (Å²) in [4.78, 5) is 21.6. The summed E-state index contributed by atoms with van der Waals surface area (Å²) in [7, 11) is 5.23. The highest BCUT2D eigenvalue weighted by Crippen LogP contribution is 2.37. The van der Waals surface area contributed by atoms with Crippen LogP contribution >= 0.6 is 11.6 Å². The Morgan fingerprint density at radius 3 is 2.55 bits per heavy atom. The number of methoxy groups -OCH3 is 1. The van der Waals surface area contributed by atoms with Gasteiger partial charge in [0.15, 0.2) is 17.3 Å². The molecule has 0 bridgehead atoms. The molecule has 4 rings (SSSR count). The van der Waals surface area contributed by atoms with Crippen LogP contribution in [0.1, 0.15) is 65.7 Å². The minimum Gasteiger partial charge on any atom is -0.493 e. The van der Waals surface area contributed by atoms with Crippen molar-refractivity contribution in [3.63, 3.8) is 0 Å². The van der Waals surface area contributed by atoms with Gasteiger partial charge in [-0.1, -0.05) is 51.3 Å². The van der Waals surface area contributed by atoms with Gasteiger partial charge >= 0.3 is 0 Å². The van der Waals surface area contributed by atoms with Crippen LogP contribution in [0, 0.1) is 17.7 Å². The molecule has 1 atom stereocenters. The highest BCUT2D eigenvalue weighted by molar-refractivity contribution is 6.31. The minimum absolute atomic E-state index is 0.0468. The zero-order chi connectivity index (χ0) is 29.2. The van der Waals surface area contributed by atoms with Gasteiger partial charge in [0, 0.05) is 31.5 Å². The second-order valence-corrected chi connectivity index (χ2v) is 11.2. The van der Waals surface area contributed by atoms with E-state index in [9.17, 15) is 9.18 Å². The molecule has 1 aliphatic rings. The van der Waals surface area contributed by atoms with Crippen molar-refractivity contribution in [2.24, 2.45) is 11.8 Å². The molecule has 3 aromatic rings.